The SMILES string of the molecule is CCC(C)CN(CC)CC1(CNC2CC2)CCCCCC1. The van der Waals surface area contributed by atoms with Crippen molar-refractivity contribution in [3.05, 3.63) is 0 Å². The number of nitrogens with one attached hydrogen (secondary N) is 1. The van der Waals surface area contributed by atoms with E-state index in [1.54, 1.807) is 0 Å². The first-order valence-electron chi connectivity index (χ1n) is 9.63. The van der Waals surface area contributed by atoms with Gasteiger partial charge in [-0.3, -0.25) is 0 Å². The molecule has 21 heavy (non-hydrogen) atoms. The summed E-state index contributed by atoms with van der Waals surface area (Å²) in [6.45, 7) is 12.2. The minimum atomic E-state index is 0.558. The largest absolute Gasteiger partial charge is 0.313 e. The Morgan fingerprint density at radius 1 is 1.10 bits per heavy atom. The zero-order chi connectivity index (χ0) is 15.1. The monoisotopic (exact) mass is 294 g/mol. The molecule has 1 unspecified atom stereocenters. The van der Waals surface area contributed by atoms with Crippen LogP contribution in [0, 0.1) is 11.3 Å². The van der Waals surface area contributed by atoms with E-state index in [0.717, 1.165) is 12.0 Å². The zero-order valence-electron chi connectivity index (χ0n) is 14.8. The van der Waals surface area contributed by atoms with E-state index in [1.807, 2.05) is 0 Å². The summed E-state index contributed by atoms with van der Waals surface area (Å²) in [6, 6.07) is 0.856. The molecular formula is C19H38N2. The summed E-state index contributed by atoms with van der Waals surface area (Å²) in [4.78, 5) is 2.74. The standard InChI is InChI=1S/C19H38N2/c1-4-17(3)14-21(5-2)16-19(15-20-18-10-11-18)12-8-6-7-9-13-19/h17-18,20H,4-16H2,1-3H3. The van der Waals surface area contributed by atoms with Crippen LogP contribution in [0.1, 0.15) is 78.6 Å². The lowest BCUT2D eigenvalue weighted by Crippen LogP contribution is -2.45. The fourth-order valence-corrected chi connectivity index (χ4v) is 3.87. The molecular weight excluding hydrogens is 256 g/mol. The molecule has 2 rings (SSSR count). The molecule has 2 nitrogen and oxygen atoms in total. The number of hydrogen-bond donors (Lipinski definition) is 1. The van der Waals surface area contributed by atoms with Gasteiger partial charge in [0.1, 0.15) is 0 Å². The molecule has 0 saturated heterocycles. The third-order valence-electron chi connectivity index (χ3n) is 5.78. The van der Waals surface area contributed by atoms with Crippen molar-refractivity contribution < 1.29 is 0 Å². The predicted octanol–water partition coefficient (Wildman–Crippen LogP) is 4.45. The van der Waals surface area contributed by atoms with Gasteiger partial charge in [-0.05, 0) is 43.6 Å². The summed E-state index contributed by atoms with van der Waals surface area (Å²) >= 11 is 0. The molecule has 124 valence electrons. The van der Waals surface area contributed by atoms with Gasteiger partial charge in [-0.15, -0.1) is 0 Å². The van der Waals surface area contributed by atoms with Gasteiger partial charge in [0.15, 0.2) is 0 Å². The highest BCUT2D eigenvalue weighted by Crippen LogP contribution is 2.36. The second kappa shape index (κ2) is 8.53. The summed E-state index contributed by atoms with van der Waals surface area (Å²) in [5.41, 5.74) is 0.558. The maximum atomic E-state index is 3.87. The molecule has 2 heteroatoms. The van der Waals surface area contributed by atoms with E-state index in [0.29, 0.717) is 5.41 Å². The number of nitrogens with zero attached hydrogens (tertiary/aromatic N) is 1. The lowest BCUT2D eigenvalue weighted by molar-refractivity contribution is 0.118. The normalized spacial score (nSPS) is 24.0. The van der Waals surface area contributed by atoms with Crippen LogP contribution in [0.4, 0.5) is 0 Å². The Balaban J connectivity index is 1.94. The maximum absolute atomic E-state index is 3.87. The summed E-state index contributed by atoms with van der Waals surface area (Å²) in [5, 5.41) is 3.87. The Labute approximate surface area is 133 Å². The summed E-state index contributed by atoms with van der Waals surface area (Å²) in [6.07, 6.45) is 12.9. The van der Waals surface area contributed by atoms with Crippen molar-refractivity contribution in [2.45, 2.75) is 84.6 Å². The van der Waals surface area contributed by atoms with Gasteiger partial charge in [-0.2, -0.15) is 0 Å². The number of rotatable bonds is 9. The summed E-state index contributed by atoms with van der Waals surface area (Å²) in [5.74, 6) is 0.837. The molecule has 0 amide bonds. The molecule has 1 atom stereocenters. The first-order chi connectivity index (χ1) is 10.2. The van der Waals surface area contributed by atoms with Crippen LogP contribution >= 0.6 is 0 Å². The fraction of sp³-hybridized carbons (Fsp3) is 1.00. The first-order valence-corrected chi connectivity index (χ1v) is 9.63. The Bertz CT molecular complexity index is 277. The highest BCUT2D eigenvalue weighted by molar-refractivity contribution is 4.91. The smallest absolute Gasteiger partial charge is 0.00684 e. The molecule has 0 aliphatic heterocycles. The van der Waals surface area contributed by atoms with Crippen LogP contribution in [-0.4, -0.2) is 37.1 Å². The Kier molecular flexibility index (Phi) is 7.01. The Hall–Kier alpha value is -0.0800. The van der Waals surface area contributed by atoms with Gasteiger partial charge in [-0.1, -0.05) is 52.9 Å². The van der Waals surface area contributed by atoms with Gasteiger partial charge < -0.3 is 10.2 Å². The molecule has 0 aromatic rings. The minimum Gasteiger partial charge on any atom is -0.313 e. The van der Waals surface area contributed by atoms with Crippen molar-refractivity contribution in [2.75, 3.05) is 26.2 Å². The zero-order valence-corrected chi connectivity index (χ0v) is 14.8. The lowest BCUT2D eigenvalue weighted by atomic mass is 9.79. The van der Waals surface area contributed by atoms with Gasteiger partial charge in [-0.25, -0.2) is 0 Å². The van der Waals surface area contributed by atoms with E-state index in [9.17, 15) is 0 Å². The molecule has 2 fully saturated rings. The lowest BCUT2D eigenvalue weighted by Gasteiger charge is -2.39. The summed E-state index contributed by atoms with van der Waals surface area (Å²) in [7, 11) is 0. The van der Waals surface area contributed by atoms with Gasteiger partial charge in [0.25, 0.3) is 0 Å². The average molecular weight is 295 g/mol. The third-order valence-corrected chi connectivity index (χ3v) is 5.78. The maximum Gasteiger partial charge on any atom is 0.00684 e. The molecule has 1 N–H and O–H groups in total. The van der Waals surface area contributed by atoms with Gasteiger partial charge in [0, 0.05) is 25.7 Å². The van der Waals surface area contributed by atoms with Crippen molar-refractivity contribution in [1.29, 1.82) is 0 Å². The fourth-order valence-electron chi connectivity index (χ4n) is 3.87. The highest BCUT2D eigenvalue weighted by Gasteiger charge is 2.34. The van der Waals surface area contributed by atoms with Gasteiger partial charge in [0.05, 0.1) is 0 Å². The molecule has 2 aliphatic rings. The molecule has 0 radical (unpaired) electrons. The van der Waals surface area contributed by atoms with E-state index in [-0.39, 0.29) is 0 Å². The van der Waals surface area contributed by atoms with E-state index in [1.165, 1.54) is 84.0 Å². The van der Waals surface area contributed by atoms with Crippen LogP contribution in [0.5, 0.6) is 0 Å². The van der Waals surface area contributed by atoms with Crippen LogP contribution in [0.3, 0.4) is 0 Å². The molecule has 0 aromatic heterocycles. The van der Waals surface area contributed by atoms with Crippen molar-refractivity contribution >= 4 is 0 Å². The minimum absolute atomic E-state index is 0.558. The predicted molar refractivity (Wildman–Crippen MR) is 92.7 cm³/mol. The third kappa shape index (κ3) is 5.90. The van der Waals surface area contributed by atoms with E-state index in [4.69, 9.17) is 0 Å². The Morgan fingerprint density at radius 2 is 1.76 bits per heavy atom. The van der Waals surface area contributed by atoms with Crippen LogP contribution < -0.4 is 5.32 Å². The molecule has 2 saturated carbocycles. The van der Waals surface area contributed by atoms with E-state index < -0.39 is 0 Å². The van der Waals surface area contributed by atoms with Crippen molar-refractivity contribution in [3.63, 3.8) is 0 Å². The van der Waals surface area contributed by atoms with Crippen molar-refractivity contribution in [1.82, 2.24) is 10.2 Å². The van der Waals surface area contributed by atoms with Crippen LogP contribution in [0.2, 0.25) is 0 Å². The second-order valence-electron chi connectivity index (χ2n) is 7.91. The van der Waals surface area contributed by atoms with Crippen molar-refractivity contribution in [3.8, 4) is 0 Å². The first kappa shape index (κ1) is 17.3. The number of hydrogen-bond acceptors (Lipinski definition) is 2. The molecule has 0 spiro atoms. The van der Waals surface area contributed by atoms with Crippen LogP contribution in [0.15, 0.2) is 0 Å². The summed E-state index contributed by atoms with van der Waals surface area (Å²) < 4.78 is 0. The van der Waals surface area contributed by atoms with Gasteiger partial charge >= 0.3 is 0 Å². The quantitative estimate of drug-likeness (QED) is 0.632. The molecule has 0 aromatic carbocycles. The molecule has 0 heterocycles. The van der Waals surface area contributed by atoms with Crippen LogP contribution in [-0.2, 0) is 0 Å². The van der Waals surface area contributed by atoms with Crippen molar-refractivity contribution in [2.24, 2.45) is 11.3 Å². The topological polar surface area (TPSA) is 15.3 Å². The van der Waals surface area contributed by atoms with Crippen LogP contribution in [0.25, 0.3) is 0 Å². The highest BCUT2D eigenvalue weighted by atomic mass is 15.1. The van der Waals surface area contributed by atoms with Gasteiger partial charge in [0.2, 0.25) is 0 Å². The Morgan fingerprint density at radius 3 is 2.29 bits per heavy atom. The molecule has 2 aliphatic carbocycles. The average Bonchev–Trinajstić information content (AvgIpc) is 3.32. The van der Waals surface area contributed by atoms with E-state index in [2.05, 4.69) is 31.0 Å². The molecule has 0 bridgehead atoms. The second-order valence-corrected chi connectivity index (χ2v) is 7.91. The van der Waals surface area contributed by atoms with E-state index >= 15 is 0 Å².